The molecule has 0 amide bonds. The van der Waals surface area contributed by atoms with Gasteiger partial charge in [-0.1, -0.05) is 0 Å². The molecule has 1 N–H and O–H groups in total. The third-order valence-electron chi connectivity index (χ3n) is 12.3. The average Bonchev–Trinajstić information content (AvgIpc) is 3.82. The first-order valence-electron chi connectivity index (χ1n) is 20.3. The number of carbonyl (C=O) groups is 9. The highest BCUT2D eigenvalue weighted by Crippen LogP contribution is 2.70. The smallest absolute Gasteiger partial charge is 0.350 e. The van der Waals surface area contributed by atoms with Crippen molar-refractivity contribution in [3.63, 3.8) is 0 Å². The van der Waals surface area contributed by atoms with Gasteiger partial charge in [0.2, 0.25) is 5.60 Å². The van der Waals surface area contributed by atoms with Crippen molar-refractivity contribution in [3.05, 3.63) is 53.7 Å². The van der Waals surface area contributed by atoms with Gasteiger partial charge in [-0.15, -0.1) is 0 Å². The van der Waals surface area contributed by atoms with Gasteiger partial charge in [-0.2, -0.15) is 0 Å². The summed E-state index contributed by atoms with van der Waals surface area (Å²) in [6.07, 6.45) is -10.3. The van der Waals surface area contributed by atoms with Crippen molar-refractivity contribution in [2.45, 2.75) is 134 Å². The van der Waals surface area contributed by atoms with Crippen molar-refractivity contribution in [2.75, 3.05) is 13.2 Å². The fourth-order valence-corrected chi connectivity index (χ4v) is 9.94. The zero-order valence-corrected chi connectivity index (χ0v) is 36.9. The summed E-state index contributed by atoms with van der Waals surface area (Å²) >= 11 is 0. The Balaban J connectivity index is 1.80. The van der Waals surface area contributed by atoms with Gasteiger partial charge in [0.1, 0.15) is 48.3 Å². The minimum Gasteiger partial charge on any atom is -0.472 e. The second-order valence-electron chi connectivity index (χ2n) is 16.9. The molecule has 4 bridgehead atoms. The number of nitrogens with zero attached hydrogens (tertiary/aromatic N) is 1. The number of cyclic esters (lactones) is 1. The molecule has 22 nitrogen and oxygen atoms in total. The number of carbonyl (C=O) groups excluding carboxylic acids is 9. The van der Waals surface area contributed by atoms with Crippen molar-refractivity contribution >= 4 is 53.7 Å². The summed E-state index contributed by atoms with van der Waals surface area (Å²) in [5.74, 6) is -11.7. The number of fused-ring (bicyclic) bond motifs is 5. The number of aryl methyl sites for hydroxylation is 1. The summed E-state index contributed by atoms with van der Waals surface area (Å²) < 4.78 is 65.7. The molecule has 65 heavy (non-hydrogen) atoms. The molecular formula is C43H49NO21. The Morgan fingerprint density at radius 1 is 0.785 bits per heavy atom. The van der Waals surface area contributed by atoms with Crippen LogP contribution >= 0.6 is 0 Å². The lowest BCUT2D eigenvalue weighted by Crippen LogP contribution is -2.89. The van der Waals surface area contributed by atoms with Gasteiger partial charge in [0.05, 0.1) is 29.0 Å². The highest BCUT2D eigenvalue weighted by molar-refractivity contribution is 5.91. The van der Waals surface area contributed by atoms with Crippen LogP contribution in [0.4, 0.5) is 0 Å². The molecule has 2 aliphatic carbocycles. The van der Waals surface area contributed by atoms with E-state index in [9.17, 15) is 48.3 Å². The number of esters is 9. The number of furan rings is 1. The standard InChI is InChI=1S/C43H49NO21/c1-20(45)56-19-42-34(60-23(4)48)30(58-21(2)46)29-32(59-22(3)47)43(42)41(9,54)33(31(35(42)61-24(5)49)62-36(51)26-13-16-55-17-26)63-38(53)39(7,64-25(6)50)14-12-28-27(11-10-15-44-28)37(52)57-18-40(29,8)65-43/h10-11,13,15-17,29-35,54H,12,14,18-19H2,1-9H3/t29-,30?,31+,32-,33+,34-,35+,39?,40+,41+,42-,43+/m1/s1. The van der Waals surface area contributed by atoms with Gasteiger partial charge in [-0.25, -0.2) is 14.4 Å². The minimum absolute atomic E-state index is 0.0619. The topological polar surface area (TPSA) is 292 Å². The van der Waals surface area contributed by atoms with Crippen LogP contribution in [-0.4, -0.2) is 136 Å². The number of aliphatic hydroxyl groups is 1. The SMILES string of the molecule is CC(=O)OC[C@]12[C@H](OC(C)=O)C(OC(C)=O)[C@@H]3[C@@H](OC(C)=O)[C@@]14O[C@@]3(C)COC(=O)c1cccnc1CCC(C)(OC(C)=O)C(=O)O[C@@H]([C@H](OC(=O)c1ccoc1)[C@@H]2OC(C)=O)[C@]4(C)O. The van der Waals surface area contributed by atoms with E-state index in [1.807, 2.05) is 0 Å². The largest absolute Gasteiger partial charge is 0.472 e. The molecule has 12 atom stereocenters. The molecule has 3 fully saturated rings. The number of pyridine rings is 1. The van der Waals surface area contributed by atoms with Gasteiger partial charge in [0.15, 0.2) is 30.0 Å². The van der Waals surface area contributed by atoms with Crippen LogP contribution in [0.1, 0.15) is 95.1 Å². The number of hydrogen-bond donors (Lipinski definition) is 1. The van der Waals surface area contributed by atoms with Crippen LogP contribution in [0.5, 0.6) is 0 Å². The summed E-state index contributed by atoms with van der Waals surface area (Å²) in [4.78, 5) is 127. The molecule has 352 valence electrons. The van der Waals surface area contributed by atoms with Gasteiger partial charge in [0.25, 0.3) is 0 Å². The van der Waals surface area contributed by atoms with E-state index in [2.05, 4.69) is 4.98 Å². The molecule has 0 radical (unpaired) electrons. The van der Waals surface area contributed by atoms with Crippen molar-refractivity contribution in [3.8, 4) is 0 Å². The summed E-state index contributed by atoms with van der Waals surface area (Å²) in [6, 6.07) is 3.97. The van der Waals surface area contributed by atoms with Crippen molar-refractivity contribution in [1.29, 1.82) is 0 Å². The fourth-order valence-electron chi connectivity index (χ4n) is 9.94. The van der Waals surface area contributed by atoms with Gasteiger partial charge in [-0.05, 0) is 45.4 Å². The lowest BCUT2D eigenvalue weighted by atomic mass is 9.45. The third-order valence-corrected chi connectivity index (χ3v) is 12.3. The second kappa shape index (κ2) is 17.5. The lowest BCUT2D eigenvalue weighted by molar-refractivity contribution is -0.386. The average molecular weight is 916 g/mol. The number of rotatable bonds is 9. The zero-order chi connectivity index (χ0) is 48.0. The van der Waals surface area contributed by atoms with Gasteiger partial charge < -0.3 is 56.9 Å². The van der Waals surface area contributed by atoms with Crippen LogP contribution in [0.15, 0.2) is 41.3 Å². The summed E-state index contributed by atoms with van der Waals surface area (Å²) in [5, 5.41) is 13.7. The number of aromatic nitrogens is 1. The molecule has 2 aromatic heterocycles. The van der Waals surface area contributed by atoms with Crippen molar-refractivity contribution in [2.24, 2.45) is 11.3 Å². The van der Waals surface area contributed by atoms with E-state index in [4.69, 9.17) is 51.8 Å². The molecule has 2 aliphatic heterocycles. The maximum Gasteiger partial charge on any atom is 0.350 e. The number of hydrogen-bond acceptors (Lipinski definition) is 22. The normalized spacial score (nSPS) is 35.0. The quantitative estimate of drug-likeness (QED) is 0.275. The summed E-state index contributed by atoms with van der Waals surface area (Å²) in [5.41, 5.74) is -13.5. The van der Waals surface area contributed by atoms with Crippen LogP contribution in [0, 0.1) is 11.3 Å². The van der Waals surface area contributed by atoms with Crippen LogP contribution in [0.25, 0.3) is 0 Å². The lowest BCUT2D eigenvalue weighted by Gasteiger charge is -2.67. The monoisotopic (exact) mass is 915 g/mol. The zero-order valence-electron chi connectivity index (χ0n) is 36.9. The minimum atomic E-state index is -3.04. The first kappa shape index (κ1) is 48.0. The number of ether oxygens (including phenoxy) is 10. The summed E-state index contributed by atoms with van der Waals surface area (Å²) in [6.45, 7) is 7.26. The van der Waals surface area contributed by atoms with E-state index < -0.39 is 144 Å². The first-order valence-corrected chi connectivity index (χ1v) is 20.3. The predicted octanol–water partition coefficient (Wildman–Crippen LogP) is 1.44. The van der Waals surface area contributed by atoms with E-state index in [1.54, 1.807) is 0 Å². The molecule has 22 heteroatoms. The molecule has 2 saturated carbocycles. The van der Waals surface area contributed by atoms with Gasteiger partial charge >= 0.3 is 53.7 Å². The predicted molar refractivity (Wildman–Crippen MR) is 208 cm³/mol. The van der Waals surface area contributed by atoms with Crippen LogP contribution in [-0.2, 0) is 87.4 Å². The maximum absolute atomic E-state index is 14.9. The van der Waals surface area contributed by atoms with Gasteiger partial charge in [0, 0.05) is 54.2 Å². The molecule has 2 unspecified atom stereocenters. The Bertz CT molecular complexity index is 2270. The Morgan fingerprint density at radius 3 is 1.97 bits per heavy atom. The van der Waals surface area contributed by atoms with E-state index in [1.165, 1.54) is 31.3 Å². The van der Waals surface area contributed by atoms with Crippen LogP contribution < -0.4 is 0 Å². The molecule has 6 rings (SSSR count). The third kappa shape index (κ3) is 8.28. The van der Waals surface area contributed by atoms with Crippen LogP contribution in [0.2, 0.25) is 0 Å². The highest BCUT2D eigenvalue weighted by atomic mass is 16.7. The molecule has 0 aromatic carbocycles. The Morgan fingerprint density at radius 2 is 1.40 bits per heavy atom. The molecule has 4 aliphatic rings. The first-order chi connectivity index (χ1) is 30.3. The van der Waals surface area contributed by atoms with E-state index in [0.29, 0.717) is 0 Å². The van der Waals surface area contributed by atoms with E-state index in [-0.39, 0.29) is 23.2 Å². The summed E-state index contributed by atoms with van der Waals surface area (Å²) in [7, 11) is 0. The second-order valence-corrected chi connectivity index (χ2v) is 16.9. The van der Waals surface area contributed by atoms with E-state index >= 15 is 0 Å². The Kier molecular flexibility index (Phi) is 12.9. The van der Waals surface area contributed by atoms with Crippen molar-refractivity contribution in [1.82, 2.24) is 4.98 Å². The molecule has 2 aromatic rings. The maximum atomic E-state index is 14.9. The highest BCUT2D eigenvalue weighted by Gasteiger charge is 2.92. The van der Waals surface area contributed by atoms with Crippen molar-refractivity contribution < 1.29 is 100 Å². The molecule has 1 spiro atoms. The Labute approximate surface area is 370 Å². The van der Waals surface area contributed by atoms with E-state index in [0.717, 1.165) is 67.9 Å². The van der Waals surface area contributed by atoms with Gasteiger partial charge in [-0.3, -0.25) is 33.8 Å². The molecule has 1 saturated heterocycles. The Hall–Kier alpha value is -6.42. The fraction of sp³-hybridized carbons (Fsp3) is 0.581. The molecule has 4 heterocycles. The molecular weight excluding hydrogens is 866 g/mol. The van der Waals surface area contributed by atoms with Crippen LogP contribution in [0.3, 0.4) is 0 Å².